The summed E-state index contributed by atoms with van der Waals surface area (Å²) in [5.74, 6) is 0.584. The molecule has 5 nitrogen and oxygen atoms in total. The highest BCUT2D eigenvalue weighted by molar-refractivity contribution is 8.00. The molecule has 1 aromatic heterocycles. The number of rotatable bonds is 6. The maximum atomic E-state index is 12.5. The van der Waals surface area contributed by atoms with Crippen LogP contribution in [-0.4, -0.2) is 41.5 Å². The second kappa shape index (κ2) is 9.37. The number of carbonyl (C=O) groups is 2. The highest BCUT2D eigenvalue weighted by Crippen LogP contribution is 2.27. The molecule has 7 heteroatoms. The molecule has 0 N–H and O–H groups in total. The number of ether oxygens (including phenoxy) is 1. The summed E-state index contributed by atoms with van der Waals surface area (Å²) in [6.07, 6.45) is 2.16. The first-order chi connectivity index (χ1) is 13.0. The molecule has 0 unspecified atom stereocenters. The number of aryl methyl sites for hydroxylation is 1. The molecule has 0 radical (unpaired) electrons. The first kappa shape index (κ1) is 19.9. The van der Waals surface area contributed by atoms with Gasteiger partial charge in [0.05, 0.1) is 5.56 Å². The zero-order valence-electron chi connectivity index (χ0n) is 15.6. The number of piperidine rings is 1. The van der Waals surface area contributed by atoms with E-state index >= 15 is 0 Å². The van der Waals surface area contributed by atoms with Gasteiger partial charge in [-0.05, 0) is 37.3 Å². The molecule has 0 aliphatic carbocycles. The highest BCUT2D eigenvalue weighted by Gasteiger charge is 2.22. The Kier molecular flexibility index (Phi) is 6.90. The Bertz CT molecular complexity index is 806. The highest BCUT2D eigenvalue weighted by atomic mass is 32.2. The summed E-state index contributed by atoms with van der Waals surface area (Å²) in [6.45, 7) is 5.41. The molecule has 1 amide bonds. The van der Waals surface area contributed by atoms with Crippen LogP contribution >= 0.6 is 23.1 Å². The molecule has 1 saturated heterocycles. The number of thioether (sulfide) groups is 1. The van der Waals surface area contributed by atoms with Gasteiger partial charge in [-0.2, -0.15) is 0 Å². The molecule has 2 heterocycles. The quantitative estimate of drug-likeness (QED) is 0.534. The van der Waals surface area contributed by atoms with Gasteiger partial charge in [0.25, 0.3) is 5.91 Å². The molecule has 0 spiro atoms. The molecular formula is C20H24N2O3S2. The molecule has 0 bridgehead atoms. The summed E-state index contributed by atoms with van der Waals surface area (Å²) < 4.78 is 6.30. The van der Waals surface area contributed by atoms with Crippen molar-refractivity contribution in [2.45, 2.75) is 36.8 Å². The molecule has 1 aromatic carbocycles. The lowest BCUT2D eigenvalue weighted by Crippen LogP contribution is -2.41. The second-order valence-corrected chi connectivity index (χ2v) is 8.94. The Morgan fingerprint density at radius 1 is 1.37 bits per heavy atom. The lowest BCUT2D eigenvalue weighted by molar-refractivity contribution is -0.136. The van der Waals surface area contributed by atoms with Crippen molar-refractivity contribution in [2.24, 2.45) is 5.92 Å². The molecule has 27 heavy (non-hydrogen) atoms. The number of hydrogen-bond acceptors (Lipinski definition) is 6. The van der Waals surface area contributed by atoms with Crippen molar-refractivity contribution in [3.8, 4) is 0 Å². The van der Waals surface area contributed by atoms with Gasteiger partial charge in [0, 0.05) is 29.9 Å². The number of aromatic nitrogens is 1. The zero-order valence-corrected chi connectivity index (χ0v) is 17.3. The number of carbonyl (C=O) groups excluding carboxylic acids is 2. The van der Waals surface area contributed by atoms with Crippen LogP contribution in [0.5, 0.6) is 0 Å². The number of amides is 1. The van der Waals surface area contributed by atoms with Gasteiger partial charge in [0.15, 0.2) is 6.61 Å². The Morgan fingerprint density at radius 2 is 2.19 bits per heavy atom. The molecule has 0 saturated carbocycles. The topological polar surface area (TPSA) is 59.5 Å². The third-order valence-corrected chi connectivity index (χ3v) is 6.71. The third kappa shape index (κ3) is 5.56. The Labute approximate surface area is 168 Å². The van der Waals surface area contributed by atoms with Gasteiger partial charge in [-0.1, -0.05) is 36.9 Å². The van der Waals surface area contributed by atoms with Gasteiger partial charge >= 0.3 is 5.97 Å². The summed E-state index contributed by atoms with van der Waals surface area (Å²) in [5.41, 5.74) is 2.40. The summed E-state index contributed by atoms with van der Waals surface area (Å²) in [4.78, 5) is 31.1. The van der Waals surface area contributed by atoms with Crippen molar-refractivity contribution < 1.29 is 14.3 Å². The van der Waals surface area contributed by atoms with Crippen LogP contribution in [0.4, 0.5) is 0 Å². The van der Waals surface area contributed by atoms with Crippen LogP contribution in [0.2, 0.25) is 0 Å². The van der Waals surface area contributed by atoms with Crippen LogP contribution in [0.3, 0.4) is 0 Å². The first-order valence-corrected chi connectivity index (χ1v) is 11.0. The monoisotopic (exact) mass is 404 g/mol. The Morgan fingerprint density at radius 3 is 2.93 bits per heavy atom. The van der Waals surface area contributed by atoms with E-state index in [1.807, 2.05) is 30.5 Å². The van der Waals surface area contributed by atoms with E-state index in [0.29, 0.717) is 17.2 Å². The maximum absolute atomic E-state index is 12.5. The molecule has 1 aliphatic rings. The van der Waals surface area contributed by atoms with Gasteiger partial charge in [0.2, 0.25) is 0 Å². The standard InChI is InChI=1S/C20H24N2O3S2/c1-14-6-5-9-22(10-14)18(23)11-25-19(24)17-8-4-3-7-16(17)13-27-20-21-15(2)12-26-20/h3-4,7-8,12,14H,5-6,9-11,13H2,1-2H3/t14-/m0/s1. The van der Waals surface area contributed by atoms with Gasteiger partial charge in [-0.25, -0.2) is 9.78 Å². The number of likely N-dealkylation sites (tertiary alicyclic amines) is 1. The van der Waals surface area contributed by atoms with E-state index in [2.05, 4.69) is 11.9 Å². The van der Waals surface area contributed by atoms with Crippen LogP contribution in [0, 0.1) is 12.8 Å². The van der Waals surface area contributed by atoms with E-state index < -0.39 is 5.97 Å². The largest absolute Gasteiger partial charge is 0.452 e. The molecule has 144 valence electrons. The number of benzene rings is 1. The Hall–Kier alpha value is -1.86. The average Bonchev–Trinajstić information content (AvgIpc) is 3.09. The average molecular weight is 405 g/mol. The van der Waals surface area contributed by atoms with E-state index in [-0.39, 0.29) is 12.5 Å². The molecule has 1 fully saturated rings. The predicted octanol–water partition coefficient (Wildman–Crippen LogP) is 4.16. The minimum Gasteiger partial charge on any atom is -0.452 e. The van der Waals surface area contributed by atoms with Gasteiger partial charge < -0.3 is 9.64 Å². The second-order valence-electron chi connectivity index (χ2n) is 6.86. The van der Waals surface area contributed by atoms with Crippen molar-refractivity contribution >= 4 is 35.0 Å². The summed E-state index contributed by atoms with van der Waals surface area (Å²) in [5, 5.41) is 2.01. The van der Waals surface area contributed by atoms with Crippen molar-refractivity contribution in [1.29, 1.82) is 0 Å². The fourth-order valence-electron chi connectivity index (χ4n) is 3.10. The zero-order chi connectivity index (χ0) is 19.2. The van der Waals surface area contributed by atoms with Crippen molar-refractivity contribution in [3.05, 3.63) is 46.5 Å². The van der Waals surface area contributed by atoms with E-state index in [1.54, 1.807) is 34.1 Å². The van der Waals surface area contributed by atoms with Crippen molar-refractivity contribution in [2.75, 3.05) is 19.7 Å². The molecule has 1 atom stereocenters. The smallest absolute Gasteiger partial charge is 0.338 e. The fourth-order valence-corrected chi connectivity index (χ4v) is 4.95. The first-order valence-electron chi connectivity index (χ1n) is 9.10. The van der Waals surface area contributed by atoms with Crippen LogP contribution < -0.4 is 0 Å². The van der Waals surface area contributed by atoms with Gasteiger partial charge in [-0.3, -0.25) is 4.79 Å². The third-order valence-electron chi connectivity index (χ3n) is 4.52. The van der Waals surface area contributed by atoms with E-state index in [0.717, 1.165) is 41.5 Å². The Balaban J connectivity index is 1.57. The minimum atomic E-state index is -0.445. The van der Waals surface area contributed by atoms with Crippen LogP contribution in [0.25, 0.3) is 0 Å². The van der Waals surface area contributed by atoms with Crippen molar-refractivity contribution in [3.63, 3.8) is 0 Å². The summed E-state index contributed by atoms with van der Waals surface area (Å²) >= 11 is 3.20. The number of esters is 1. The minimum absolute atomic E-state index is 0.111. The predicted molar refractivity (Wildman–Crippen MR) is 108 cm³/mol. The van der Waals surface area contributed by atoms with Gasteiger partial charge in [0.1, 0.15) is 4.34 Å². The molecule has 2 aromatic rings. The molecule has 1 aliphatic heterocycles. The fraction of sp³-hybridized carbons (Fsp3) is 0.450. The maximum Gasteiger partial charge on any atom is 0.338 e. The van der Waals surface area contributed by atoms with Crippen LogP contribution in [0.1, 0.15) is 41.4 Å². The normalized spacial score (nSPS) is 17.0. The summed E-state index contributed by atoms with van der Waals surface area (Å²) in [7, 11) is 0. The van der Waals surface area contributed by atoms with Crippen molar-refractivity contribution in [1.82, 2.24) is 9.88 Å². The van der Waals surface area contributed by atoms with Crippen LogP contribution in [0.15, 0.2) is 34.0 Å². The number of hydrogen-bond donors (Lipinski definition) is 0. The number of thiazole rings is 1. The lowest BCUT2D eigenvalue weighted by atomic mass is 10.0. The van der Waals surface area contributed by atoms with E-state index in [9.17, 15) is 9.59 Å². The van der Waals surface area contributed by atoms with E-state index in [1.165, 1.54) is 0 Å². The van der Waals surface area contributed by atoms with Crippen LogP contribution in [-0.2, 0) is 15.3 Å². The lowest BCUT2D eigenvalue weighted by Gasteiger charge is -2.30. The molecular weight excluding hydrogens is 380 g/mol. The van der Waals surface area contributed by atoms with Gasteiger partial charge in [-0.15, -0.1) is 11.3 Å². The number of nitrogens with zero attached hydrogens (tertiary/aromatic N) is 2. The molecule has 3 rings (SSSR count). The van der Waals surface area contributed by atoms with E-state index in [4.69, 9.17) is 4.74 Å². The summed E-state index contributed by atoms with van der Waals surface area (Å²) in [6, 6.07) is 7.38. The SMILES string of the molecule is Cc1csc(SCc2ccccc2C(=O)OCC(=O)N2CCC[C@H](C)C2)n1.